The number of benzene rings is 2. The van der Waals surface area contributed by atoms with Crippen LogP contribution in [-0.2, 0) is 11.8 Å². The first-order chi connectivity index (χ1) is 17.4. The van der Waals surface area contributed by atoms with Gasteiger partial charge in [-0.2, -0.15) is 5.10 Å². The largest absolute Gasteiger partial charge is 0.326 e. The number of hydrogen-bond acceptors (Lipinski definition) is 3. The van der Waals surface area contributed by atoms with Crippen molar-refractivity contribution >= 4 is 22.5 Å². The van der Waals surface area contributed by atoms with Crippen LogP contribution in [0, 0.1) is 23.0 Å². The number of carbonyl (C=O) groups is 1. The molecule has 0 atom stereocenters. The molecule has 0 radical (unpaired) electrons. The molecule has 5 nitrogen and oxygen atoms in total. The SMILES string of the molecule is Cn1ccc(-c2ccc(NC(=O)C3CC4(CCC(c5ccnc6ccc(F)cc56)CC4)C3)cc2F)n1. The minimum atomic E-state index is -0.404. The fraction of sp³-hybridized carbons (Fsp3) is 0.345. The molecule has 36 heavy (non-hydrogen) atoms. The van der Waals surface area contributed by atoms with Gasteiger partial charge in [0.15, 0.2) is 0 Å². The fourth-order valence-corrected chi connectivity index (χ4v) is 6.22. The topological polar surface area (TPSA) is 59.8 Å². The maximum absolute atomic E-state index is 14.6. The van der Waals surface area contributed by atoms with Crippen LogP contribution in [0.1, 0.15) is 50.0 Å². The van der Waals surface area contributed by atoms with Gasteiger partial charge in [-0.25, -0.2) is 8.78 Å². The molecule has 184 valence electrons. The van der Waals surface area contributed by atoms with E-state index < -0.39 is 5.82 Å². The second-order valence-corrected chi connectivity index (χ2v) is 10.5. The Bertz CT molecular complexity index is 1450. The minimum absolute atomic E-state index is 0.0386. The van der Waals surface area contributed by atoms with E-state index in [1.807, 2.05) is 12.3 Å². The Morgan fingerprint density at radius 3 is 2.58 bits per heavy atom. The lowest BCUT2D eigenvalue weighted by atomic mass is 9.54. The first-order valence-electron chi connectivity index (χ1n) is 12.5. The Morgan fingerprint density at radius 1 is 1.06 bits per heavy atom. The number of aryl methyl sites for hydroxylation is 1. The second-order valence-electron chi connectivity index (χ2n) is 10.5. The number of halogens is 2. The molecular formula is C29H28F2N4O. The summed E-state index contributed by atoms with van der Waals surface area (Å²) in [7, 11) is 1.79. The summed E-state index contributed by atoms with van der Waals surface area (Å²) in [6, 6.07) is 13.3. The Hall–Kier alpha value is -3.61. The van der Waals surface area contributed by atoms with Crippen LogP contribution in [0.15, 0.2) is 60.9 Å². The van der Waals surface area contributed by atoms with Crippen LogP contribution in [0.4, 0.5) is 14.5 Å². The van der Waals surface area contributed by atoms with Crippen molar-refractivity contribution in [2.75, 3.05) is 5.32 Å². The molecule has 1 N–H and O–H groups in total. The van der Waals surface area contributed by atoms with Crippen molar-refractivity contribution in [1.82, 2.24) is 14.8 Å². The number of rotatable bonds is 4. The molecular weight excluding hydrogens is 458 g/mol. The van der Waals surface area contributed by atoms with Gasteiger partial charge < -0.3 is 5.32 Å². The summed E-state index contributed by atoms with van der Waals surface area (Å²) in [5.74, 6) is -0.336. The van der Waals surface area contributed by atoms with E-state index in [9.17, 15) is 13.6 Å². The van der Waals surface area contributed by atoms with Gasteiger partial charge in [-0.3, -0.25) is 14.5 Å². The third-order valence-electron chi connectivity index (χ3n) is 8.18. The molecule has 0 bridgehead atoms. The first kappa shape index (κ1) is 22.8. The Kier molecular flexibility index (Phi) is 5.58. The van der Waals surface area contributed by atoms with Crippen LogP contribution in [0.5, 0.6) is 0 Å². The van der Waals surface area contributed by atoms with Gasteiger partial charge in [-0.15, -0.1) is 0 Å². The summed E-state index contributed by atoms with van der Waals surface area (Å²) in [5, 5.41) is 8.06. The van der Waals surface area contributed by atoms with Gasteiger partial charge in [-0.05, 0) is 104 Å². The van der Waals surface area contributed by atoms with E-state index in [1.54, 1.807) is 48.3 Å². The summed E-state index contributed by atoms with van der Waals surface area (Å²) in [4.78, 5) is 17.2. The molecule has 6 rings (SSSR count). The number of anilines is 1. The zero-order valence-electron chi connectivity index (χ0n) is 20.2. The summed E-state index contributed by atoms with van der Waals surface area (Å²) >= 11 is 0. The third kappa shape index (κ3) is 4.16. The highest BCUT2D eigenvalue weighted by atomic mass is 19.1. The smallest absolute Gasteiger partial charge is 0.227 e. The van der Waals surface area contributed by atoms with Gasteiger partial charge in [0.2, 0.25) is 5.91 Å². The van der Waals surface area contributed by atoms with Gasteiger partial charge in [0.05, 0.1) is 11.2 Å². The number of aromatic nitrogens is 3. The maximum atomic E-state index is 14.6. The van der Waals surface area contributed by atoms with Crippen molar-refractivity contribution in [1.29, 1.82) is 0 Å². The highest BCUT2D eigenvalue weighted by molar-refractivity contribution is 5.93. The number of nitrogens with zero attached hydrogens (tertiary/aromatic N) is 3. The van der Waals surface area contributed by atoms with Crippen LogP contribution in [0.2, 0.25) is 0 Å². The van der Waals surface area contributed by atoms with E-state index in [1.165, 1.54) is 17.7 Å². The van der Waals surface area contributed by atoms with Crippen molar-refractivity contribution < 1.29 is 13.6 Å². The van der Waals surface area contributed by atoms with Gasteiger partial charge in [0.25, 0.3) is 0 Å². The second kappa shape index (κ2) is 8.80. The van der Waals surface area contributed by atoms with Crippen molar-refractivity contribution in [3.8, 4) is 11.3 Å². The summed E-state index contributed by atoms with van der Waals surface area (Å²) in [6.45, 7) is 0. The van der Waals surface area contributed by atoms with Gasteiger partial charge in [0, 0.05) is 42.0 Å². The van der Waals surface area contributed by atoms with Crippen LogP contribution >= 0.6 is 0 Å². The molecule has 7 heteroatoms. The molecule has 1 spiro atoms. The molecule has 2 aliphatic carbocycles. The van der Waals surface area contributed by atoms with Gasteiger partial charge in [-0.1, -0.05) is 0 Å². The molecule has 2 aliphatic rings. The average molecular weight is 487 g/mol. The number of amides is 1. The lowest BCUT2D eigenvalue weighted by Gasteiger charge is -2.51. The first-order valence-corrected chi connectivity index (χ1v) is 12.5. The minimum Gasteiger partial charge on any atom is -0.326 e. The molecule has 0 saturated heterocycles. The molecule has 1 amide bonds. The molecule has 2 saturated carbocycles. The average Bonchev–Trinajstić information content (AvgIpc) is 3.28. The van der Waals surface area contributed by atoms with Crippen molar-refractivity contribution in [3.63, 3.8) is 0 Å². The third-order valence-corrected chi connectivity index (χ3v) is 8.18. The predicted octanol–water partition coefficient (Wildman–Crippen LogP) is 6.61. The molecule has 2 fully saturated rings. The lowest BCUT2D eigenvalue weighted by molar-refractivity contribution is -0.128. The molecule has 2 aromatic heterocycles. The number of nitrogens with one attached hydrogen (secondary N) is 1. The number of carbonyl (C=O) groups excluding carboxylic acids is 1. The molecule has 2 heterocycles. The summed E-state index contributed by atoms with van der Waals surface area (Å²) < 4.78 is 30.2. The van der Waals surface area contributed by atoms with Crippen LogP contribution in [0.3, 0.4) is 0 Å². The van der Waals surface area contributed by atoms with Gasteiger partial charge >= 0.3 is 0 Å². The zero-order chi connectivity index (χ0) is 24.9. The zero-order valence-corrected chi connectivity index (χ0v) is 20.2. The van der Waals surface area contributed by atoms with E-state index in [-0.39, 0.29) is 23.1 Å². The predicted molar refractivity (Wildman–Crippen MR) is 135 cm³/mol. The monoisotopic (exact) mass is 486 g/mol. The van der Waals surface area contributed by atoms with E-state index in [0.717, 1.165) is 49.4 Å². The molecule has 4 aromatic rings. The Morgan fingerprint density at radius 2 is 1.86 bits per heavy atom. The molecule has 2 aromatic carbocycles. The summed E-state index contributed by atoms with van der Waals surface area (Å²) in [5.41, 5.74) is 3.67. The fourth-order valence-electron chi connectivity index (χ4n) is 6.22. The van der Waals surface area contributed by atoms with E-state index in [4.69, 9.17) is 0 Å². The van der Waals surface area contributed by atoms with Crippen molar-refractivity contribution in [2.24, 2.45) is 18.4 Å². The number of fused-ring (bicyclic) bond motifs is 1. The van der Waals surface area contributed by atoms with Crippen molar-refractivity contribution in [2.45, 2.75) is 44.4 Å². The highest BCUT2D eigenvalue weighted by Gasteiger charge is 2.48. The number of pyridine rings is 1. The van der Waals surface area contributed by atoms with E-state index >= 15 is 0 Å². The summed E-state index contributed by atoms with van der Waals surface area (Å²) in [6.07, 6.45) is 9.51. The van der Waals surface area contributed by atoms with Crippen LogP contribution in [0.25, 0.3) is 22.2 Å². The normalized spacial score (nSPS) is 23.5. The van der Waals surface area contributed by atoms with Crippen LogP contribution < -0.4 is 5.32 Å². The van der Waals surface area contributed by atoms with E-state index in [2.05, 4.69) is 15.4 Å². The molecule has 0 aliphatic heterocycles. The van der Waals surface area contributed by atoms with Crippen LogP contribution in [-0.4, -0.2) is 20.7 Å². The maximum Gasteiger partial charge on any atom is 0.227 e. The Balaban J connectivity index is 1.06. The highest BCUT2D eigenvalue weighted by Crippen LogP contribution is 2.57. The number of hydrogen-bond donors (Lipinski definition) is 1. The lowest BCUT2D eigenvalue weighted by Crippen LogP contribution is -2.45. The standard InChI is InChI=1S/C29H28F2N4O/c1-35-13-9-27(34-35)23-4-3-21(15-25(23)31)33-28(36)19-16-29(17-19)10-6-18(7-11-29)22-8-12-32-26-5-2-20(30)14-24(22)26/h2-5,8-9,12-15,18-19H,6-7,10-11,16-17H2,1H3,(H,33,36). The van der Waals surface area contributed by atoms with E-state index in [0.29, 0.717) is 22.9 Å². The van der Waals surface area contributed by atoms with Crippen molar-refractivity contribution in [3.05, 3.63) is 78.1 Å². The van der Waals surface area contributed by atoms with Gasteiger partial charge in [0.1, 0.15) is 11.6 Å². The quantitative estimate of drug-likeness (QED) is 0.353. The molecule has 0 unspecified atom stereocenters. The Labute approximate surface area is 208 Å².